The lowest BCUT2D eigenvalue weighted by molar-refractivity contribution is -0.136. The minimum atomic E-state index is 0.379. The van der Waals surface area contributed by atoms with Gasteiger partial charge < -0.3 is 9.64 Å². The largest absolute Gasteiger partial charge is 0.379 e. The smallest absolute Gasteiger partial charge is 0.225 e. The van der Waals surface area contributed by atoms with Gasteiger partial charge in [-0.1, -0.05) is 0 Å². The Kier molecular flexibility index (Phi) is 4.38. The molecule has 1 saturated carbocycles. The summed E-state index contributed by atoms with van der Waals surface area (Å²) in [6.45, 7) is 5.99. The second-order valence-electron chi connectivity index (χ2n) is 6.20. The maximum Gasteiger partial charge on any atom is 0.225 e. The summed E-state index contributed by atoms with van der Waals surface area (Å²) in [6, 6.07) is 0.504. The van der Waals surface area contributed by atoms with E-state index in [4.69, 9.17) is 4.74 Å². The molecular formula is C15H26N2O2. The van der Waals surface area contributed by atoms with E-state index in [2.05, 4.69) is 9.80 Å². The van der Waals surface area contributed by atoms with E-state index < -0.39 is 0 Å². The van der Waals surface area contributed by atoms with Crippen molar-refractivity contribution in [2.75, 3.05) is 39.4 Å². The van der Waals surface area contributed by atoms with Crippen molar-refractivity contribution in [3.63, 3.8) is 0 Å². The Morgan fingerprint density at radius 1 is 1.05 bits per heavy atom. The number of likely N-dealkylation sites (tertiary alicyclic amines) is 1. The van der Waals surface area contributed by atoms with Crippen molar-refractivity contribution in [1.82, 2.24) is 9.80 Å². The maximum absolute atomic E-state index is 12.3. The first-order valence-electron chi connectivity index (χ1n) is 7.95. The third-order valence-corrected chi connectivity index (χ3v) is 4.72. The van der Waals surface area contributed by atoms with Crippen LogP contribution in [0.25, 0.3) is 0 Å². The summed E-state index contributed by atoms with van der Waals surface area (Å²) in [4.78, 5) is 17.0. The predicted octanol–water partition coefficient (Wildman–Crippen LogP) is 1.50. The molecule has 0 spiro atoms. The molecule has 0 N–H and O–H groups in total. The zero-order valence-corrected chi connectivity index (χ0v) is 11.9. The van der Waals surface area contributed by atoms with Gasteiger partial charge >= 0.3 is 0 Å². The highest BCUT2D eigenvalue weighted by molar-refractivity contribution is 5.81. The summed E-state index contributed by atoms with van der Waals surface area (Å²) in [5, 5.41) is 0. The average molecular weight is 266 g/mol. The van der Waals surface area contributed by atoms with Crippen molar-refractivity contribution >= 4 is 5.91 Å². The van der Waals surface area contributed by atoms with E-state index in [0.29, 0.717) is 17.9 Å². The summed E-state index contributed by atoms with van der Waals surface area (Å²) in [6.07, 6.45) is 7.12. The van der Waals surface area contributed by atoms with Gasteiger partial charge in [-0.15, -0.1) is 0 Å². The van der Waals surface area contributed by atoms with Crippen molar-refractivity contribution in [3.8, 4) is 0 Å². The van der Waals surface area contributed by atoms with Gasteiger partial charge in [0.25, 0.3) is 0 Å². The van der Waals surface area contributed by atoms with Gasteiger partial charge in [0.2, 0.25) is 5.91 Å². The predicted molar refractivity (Wildman–Crippen MR) is 74.0 cm³/mol. The highest BCUT2D eigenvalue weighted by atomic mass is 16.5. The Morgan fingerprint density at radius 3 is 2.58 bits per heavy atom. The topological polar surface area (TPSA) is 32.8 Å². The van der Waals surface area contributed by atoms with Gasteiger partial charge in [0.05, 0.1) is 13.2 Å². The van der Waals surface area contributed by atoms with Crippen LogP contribution in [0.3, 0.4) is 0 Å². The van der Waals surface area contributed by atoms with E-state index in [1.54, 1.807) is 0 Å². The SMILES string of the molecule is O=C(C1CC1)N1CCCCC1CCN1CCOCC1. The fraction of sp³-hybridized carbons (Fsp3) is 0.933. The van der Waals surface area contributed by atoms with E-state index in [9.17, 15) is 4.79 Å². The van der Waals surface area contributed by atoms with Crippen molar-refractivity contribution in [1.29, 1.82) is 0 Å². The van der Waals surface area contributed by atoms with Crippen LogP contribution in [0.1, 0.15) is 38.5 Å². The van der Waals surface area contributed by atoms with Crippen molar-refractivity contribution < 1.29 is 9.53 Å². The molecule has 2 aliphatic heterocycles. The molecule has 1 aliphatic carbocycles. The molecule has 1 unspecified atom stereocenters. The molecule has 1 amide bonds. The molecule has 4 nitrogen and oxygen atoms in total. The Labute approximate surface area is 116 Å². The Bertz CT molecular complexity index is 311. The molecular weight excluding hydrogens is 240 g/mol. The third-order valence-electron chi connectivity index (χ3n) is 4.72. The number of rotatable bonds is 4. The quantitative estimate of drug-likeness (QED) is 0.773. The number of hydrogen-bond donors (Lipinski definition) is 0. The summed E-state index contributed by atoms with van der Waals surface area (Å²) < 4.78 is 5.38. The van der Waals surface area contributed by atoms with Gasteiger partial charge in [0.15, 0.2) is 0 Å². The lowest BCUT2D eigenvalue weighted by Gasteiger charge is -2.37. The molecule has 3 rings (SSSR count). The number of carbonyl (C=O) groups is 1. The highest BCUT2D eigenvalue weighted by Gasteiger charge is 2.37. The molecule has 19 heavy (non-hydrogen) atoms. The Balaban J connectivity index is 1.49. The molecule has 2 heterocycles. The number of carbonyl (C=O) groups excluding carboxylic acids is 1. The number of nitrogens with zero attached hydrogens (tertiary/aromatic N) is 2. The minimum Gasteiger partial charge on any atom is -0.379 e. The minimum absolute atomic E-state index is 0.379. The van der Waals surface area contributed by atoms with E-state index in [0.717, 1.165) is 58.7 Å². The number of hydrogen-bond acceptors (Lipinski definition) is 3. The van der Waals surface area contributed by atoms with Crippen LogP contribution in [0.2, 0.25) is 0 Å². The molecule has 0 radical (unpaired) electrons. The number of ether oxygens (including phenoxy) is 1. The first kappa shape index (κ1) is 13.4. The van der Waals surface area contributed by atoms with Crippen LogP contribution in [0.4, 0.5) is 0 Å². The number of morpholine rings is 1. The maximum atomic E-state index is 12.3. The number of amides is 1. The first-order chi connectivity index (χ1) is 9.34. The van der Waals surface area contributed by atoms with Gasteiger partial charge in [-0.05, 0) is 38.5 Å². The summed E-state index contributed by atoms with van der Waals surface area (Å²) in [5.41, 5.74) is 0. The van der Waals surface area contributed by atoms with Crippen LogP contribution in [0, 0.1) is 5.92 Å². The third kappa shape index (κ3) is 3.48. The molecule has 0 aromatic carbocycles. The Hall–Kier alpha value is -0.610. The average Bonchev–Trinajstić information content (AvgIpc) is 3.30. The zero-order valence-electron chi connectivity index (χ0n) is 11.9. The van der Waals surface area contributed by atoms with Crippen LogP contribution in [0.5, 0.6) is 0 Å². The fourth-order valence-corrected chi connectivity index (χ4v) is 3.31. The van der Waals surface area contributed by atoms with Crippen molar-refractivity contribution in [2.24, 2.45) is 5.92 Å². The van der Waals surface area contributed by atoms with Gasteiger partial charge in [0.1, 0.15) is 0 Å². The van der Waals surface area contributed by atoms with E-state index in [1.807, 2.05) is 0 Å². The van der Waals surface area contributed by atoms with Crippen molar-refractivity contribution in [3.05, 3.63) is 0 Å². The first-order valence-corrected chi connectivity index (χ1v) is 7.95. The molecule has 0 aromatic rings. The van der Waals surface area contributed by atoms with Gasteiger partial charge in [-0.2, -0.15) is 0 Å². The monoisotopic (exact) mass is 266 g/mol. The summed E-state index contributed by atoms with van der Waals surface area (Å²) in [5.74, 6) is 0.829. The van der Waals surface area contributed by atoms with Crippen LogP contribution >= 0.6 is 0 Å². The summed E-state index contributed by atoms with van der Waals surface area (Å²) >= 11 is 0. The molecule has 1 atom stereocenters. The fourth-order valence-electron chi connectivity index (χ4n) is 3.31. The van der Waals surface area contributed by atoms with Crippen LogP contribution in [0.15, 0.2) is 0 Å². The van der Waals surface area contributed by atoms with E-state index in [1.165, 1.54) is 19.3 Å². The second-order valence-corrected chi connectivity index (χ2v) is 6.20. The lowest BCUT2D eigenvalue weighted by Crippen LogP contribution is -2.46. The second kappa shape index (κ2) is 6.23. The van der Waals surface area contributed by atoms with Gasteiger partial charge in [0, 0.05) is 38.1 Å². The van der Waals surface area contributed by atoms with Crippen molar-refractivity contribution in [2.45, 2.75) is 44.6 Å². The molecule has 2 saturated heterocycles. The molecule has 0 aromatic heterocycles. The van der Waals surface area contributed by atoms with Gasteiger partial charge in [-0.3, -0.25) is 9.69 Å². The van der Waals surface area contributed by atoms with Crippen LogP contribution in [-0.4, -0.2) is 61.1 Å². The number of piperidine rings is 1. The molecule has 0 bridgehead atoms. The zero-order chi connectivity index (χ0) is 13.1. The van der Waals surface area contributed by atoms with E-state index >= 15 is 0 Å². The molecule has 108 valence electrons. The van der Waals surface area contributed by atoms with Crippen LogP contribution < -0.4 is 0 Å². The standard InChI is InChI=1S/C15H26N2O2/c18-15(13-4-5-13)17-7-2-1-3-14(17)6-8-16-9-11-19-12-10-16/h13-14H,1-12H2. The normalized spacial score (nSPS) is 29.5. The summed E-state index contributed by atoms with van der Waals surface area (Å²) in [7, 11) is 0. The highest BCUT2D eigenvalue weighted by Crippen LogP contribution is 2.33. The van der Waals surface area contributed by atoms with Gasteiger partial charge in [-0.25, -0.2) is 0 Å². The molecule has 3 aliphatic rings. The van der Waals surface area contributed by atoms with Crippen LogP contribution in [-0.2, 0) is 9.53 Å². The molecule has 3 fully saturated rings. The molecule has 4 heteroatoms. The lowest BCUT2D eigenvalue weighted by atomic mass is 9.98. The van der Waals surface area contributed by atoms with E-state index in [-0.39, 0.29) is 0 Å². The Morgan fingerprint density at radius 2 is 1.84 bits per heavy atom.